The number of rotatable bonds is 4. The Morgan fingerprint density at radius 2 is 1.91 bits per heavy atom. The number of aliphatic imine (C=N–C) groups is 1. The van der Waals surface area contributed by atoms with Crippen LogP contribution in [0.25, 0.3) is 0 Å². The molecule has 0 unspecified atom stereocenters. The van der Waals surface area contributed by atoms with Crippen molar-refractivity contribution in [1.82, 2.24) is 4.98 Å². The third-order valence-electron chi connectivity index (χ3n) is 2.94. The molecule has 0 saturated heterocycles. The van der Waals surface area contributed by atoms with E-state index in [0.29, 0.717) is 22.5 Å². The Bertz CT molecular complexity index is 713. The molecule has 2 N–H and O–H groups in total. The number of aromatic nitrogens is 1. The number of ether oxygens (including phenoxy) is 1. The number of pyridine rings is 1. The Morgan fingerprint density at radius 1 is 1.26 bits per heavy atom. The second-order valence-electron chi connectivity index (χ2n) is 4.59. The monoisotopic (exact) mass is 326 g/mol. The lowest BCUT2D eigenvalue weighted by Crippen LogP contribution is -2.16. The summed E-state index contributed by atoms with van der Waals surface area (Å²) in [7, 11) is 0. The fourth-order valence-electron chi connectivity index (χ4n) is 1.80. The fourth-order valence-corrected chi connectivity index (χ4v) is 1.80. The quantitative estimate of drug-likeness (QED) is 0.846. The molecule has 0 bridgehead atoms. The lowest BCUT2D eigenvalue weighted by Gasteiger charge is -2.08. The zero-order valence-electron chi connectivity index (χ0n) is 12.0. The van der Waals surface area contributed by atoms with Crippen molar-refractivity contribution in [2.45, 2.75) is 19.9 Å². The molecular formula is C15H13F3N2O3. The first kappa shape index (κ1) is 16.8. The van der Waals surface area contributed by atoms with E-state index < -0.39 is 6.36 Å². The summed E-state index contributed by atoms with van der Waals surface area (Å²) in [4.78, 5) is 7.98. The summed E-state index contributed by atoms with van der Waals surface area (Å²) in [6.07, 6.45) is -2.02. The average Bonchev–Trinajstić information content (AvgIpc) is 2.48. The molecule has 1 heterocycles. The Hall–Kier alpha value is -2.61. The van der Waals surface area contributed by atoms with Gasteiger partial charge in [-0.2, -0.15) is 0 Å². The smallest absolute Gasteiger partial charge is 0.505 e. The fraction of sp³-hybridized carbons (Fsp3) is 0.200. The Morgan fingerprint density at radius 3 is 2.48 bits per heavy atom. The van der Waals surface area contributed by atoms with Crippen LogP contribution in [-0.4, -0.2) is 27.8 Å². The Balaban J connectivity index is 2.23. The highest BCUT2D eigenvalue weighted by Crippen LogP contribution is 2.26. The van der Waals surface area contributed by atoms with E-state index in [4.69, 9.17) is 0 Å². The third kappa shape index (κ3) is 4.43. The van der Waals surface area contributed by atoms with Crippen molar-refractivity contribution >= 4 is 11.9 Å². The predicted octanol–water partition coefficient (Wildman–Crippen LogP) is 3.24. The summed E-state index contributed by atoms with van der Waals surface area (Å²) >= 11 is 0. The molecule has 2 rings (SSSR count). The van der Waals surface area contributed by atoms with Crippen LogP contribution in [-0.2, 0) is 6.61 Å². The van der Waals surface area contributed by atoms with Gasteiger partial charge in [0.25, 0.3) is 0 Å². The minimum Gasteiger partial charge on any atom is -0.505 e. The van der Waals surface area contributed by atoms with E-state index in [-0.39, 0.29) is 18.1 Å². The normalized spacial score (nSPS) is 11.9. The molecule has 1 aromatic heterocycles. The first-order valence-corrected chi connectivity index (χ1v) is 6.48. The molecule has 1 aromatic carbocycles. The molecule has 5 nitrogen and oxygen atoms in total. The van der Waals surface area contributed by atoms with Gasteiger partial charge in [0.1, 0.15) is 11.5 Å². The molecule has 0 atom stereocenters. The van der Waals surface area contributed by atoms with Crippen LogP contribution in [0, 0.1) is 6.92 Å². The van der Waals surface area contributed by atoms with Crippen molar-refractivity contribution in [3.8, 4) is 11.5 Å². The van der Waals surface area contributed by atoms with E-state index in [9.17, 15) is 23.4 Å². The number of halogens is 3. The summed E-state index contributed by atoms with van der Waals surface area (Å²) in [5, 5.41) is 19.2. The van der Waals surface area contributed by atoms with Gasteiger partial charge in [-0.25, -0.2) is 0 Å². The number of hydrogen-bond acceptors (Lipinski definition) is 5. The van der Waals surface area contributed by atoms with Gasteiger partial charge >= 0.3 is 6.36 Å². The molecule has 0 aliphatic heterocycles. The molecule has 0 amide bonds. The number of nitrogens with zero attached hydrogens (tertiary/aromatic N) is 2. The molecule has 0 aliphatic rings. The van der Waals surface area contributed by atoms with Crippen LogP contribution in [0.2, 0.25) is 0 Å². The molecule has 8 heteroatoms. The molecule has 0 spiro atoms. The average molecular weight is 326 g/mol. The van der Waals surface area contributed by atoms with Crippen molar-refractivity contribution < 1.29 is 28.1 Å². The van der Waals surface area contributed by atoms with E-state index in [1.165, 1.54) is 24.5 Å². The highest BCUT2D eigenvalue weighted by atomic mass is 19.4. The van der Waals surface area contributed by atoms with Crippen LogP contribution in [0.15, 0.2) is 35.5 Å². The summed E-state index contributed by atoms with van der Waals surface area (Å²) in [6.45, 7) is 1.26. The molecule has 0 radical (unpaired) electrons. The highest BCUT2D eigenvalue weighted by molar-refractivity contribution is 5.87. The molecule has 122 valence electrons. The van der Waals surface area contributed by atoms with Crippen LogP contribution in [0.1, 0.15) is 16.8 Å². The van der Waals surface area contributed by atoms with Crippen LogP contribution in [0.5, 0.6) is 11.5 Å². The van der Waals surface area contributed by atoms with Gasteiger partial charge in [0.15, 0.2) is 0 Å². The van der Waals surface area contributed by atoms with Gasteiger partial charge in [-0.15, -0.1) is 13.2 Å². The minimum atomic E-state index is -4.75. The van der Waals surface area contributed by atoms with Crippen LogP contribution in [0.3, 0.4) is 0 Å². The maximum absolute atomic E-state index is 12.1. The first-order valence-electron chi connectivity index (χ1n) is 6.48. The van der Waals surface area contributed by atoms with Gasteiger partial charge < -0.3 is 14.9 Å². The van der Waals surface area contributed by atoms with E-state index in [0.717, 1.165) is 12.1 Å². The number of aromatic hydroxyl groups is 1. The minimum absolute atomic E-state index is 0.114. The van der Waals surface area contributed by atoms with Gasteiger partial charge in [-0.1, -0.05) is 0 Å². The van der Waals surface area contributed by atoms with Crippen molar-refractivity contribution in [3.05, 3.63) is 47.3 Å². The largest absolute Gasteiger partial charge is 0.573 e. The second-order valence-corrected chi connectivity index (χ2v) is 4.59. The van der Waals surface area contributed by atoms with Gasteiger partial charge in [0.05, 0.1) is 18.0 Å². The number of hydrogen-bond donors (Lipinski definition) is 2. The van der Waals surface area contributed by atoms with Gasteiger partial charge in [0.2, 0.25) is 0 Å². The number of aliphatic hydroxyl groups is 1. The summed E-state index contributed by atoms with van der Waals surface area (Å²) in [5.74, 6) is -0.465. The van der Waals surface area contributed by atoms with Crippen LogP contribution >= 0.6 is 0 Å². The number of aryl methyl sites for hydroxylation is 1. The first-order chi connectivity index (χ1) is 10.8. The second kappa shape index (κ2) is 6.66. The van der Waals surface area contributed by atoms with E-state index >= 15 is 0 Å². The number of alkyl halides is 3. The van der Waals surface area contributed by atoms with Gasteiger partial charge in [-0.3, -0.25) is 9.98 Å². The van der Waals surface area contributed by atoms with Crippen LogP contribution < -0.4 is 4.74 Å². The van der Waals surface area contributed by atoms with Crippen molar-refractivity contribution in [3.63, 3.8) is 0 Å². The van der Waals surface area contributed by atoms with Crippen molar-refractivity contribution in [1.29, 1.82) is 0 Å². The summed E-state index contributed by atoms with van der Waals surface area (Å²) in [5.41, 5.74) is 1.42. The topological polar surface area (TPSA) is 74.9 Å². The van der Waals surface area contributed by atoms with Crippen molar-refractivity contribution in [2.24, 2.45) is 4.99 Å². The van der Waals surface area contributed by atoms with E-state index in [1.54, 1.807) is 6.92 Å². The van der Waals surface area contributed by atoms with E-state index in [1.807, 2.05) is 0 Å². The lowest BCUT2D eigenvalue weighted by molar-refractivity contribution is -0.274. The SMILES string of the molecule is Cc1ncc(CO)c(C=Nc2ccc(OC(F)(F)F)cc2)c1O. The zero-order valence-corrected chi connectivity index (χ0v) is 12.0. The Labute approximate surface area is 129 Å². The van der Waals surface area contributed by atoms with Gasteiger partial charge in [0, 0.05) is 23.5 Å². The molecular weight excluding hydrogens is 313 g/mol. The molecule has 0 aliphatic carbocycles. The number of aliphatic hydroxyl groups excluding tert-OH is 1. The van der Waals surface area contributed by atoms with Crippen molar-refractivity contribution in [2.75, 3.05) is 0 Å². The predicted molar refractivity (Wildman–Crippen MR) is 76.9 cm³/mol. The lowest BCUT2D eigenvalue weighted by atomic mass is 10.1. The van der Waals surface area contributed by atoms with Gasteiger partial charge in [-0.05, 0) is 31.2 Å². The molecule has 0 fully saturated rings. The number of benzene rings is 1. The molecule has 23 heavy (non-hydrogen) atoms. The summed E-state index contributed by atoms with van der Waals surface area (Å²) in [6, 6.07) is 4.93. The standard InChI is InChI=1S/C15H13F3N2O3/c1-9-14(22)13(10(8-21)6-19-9)7-20-11-2-4-12(5-3-11)23-15(16,17)18/h2-7,21-22H,8H2,1H3. The third-order valence-corrected chi connectivity index (χ3v) is 2.94. The van der Waals surface area contributed by atoms with E-state index in [2.05, 4.69) is 14.7 Å². The maximum atomic E-state index is 12.1. The zero-order chi connectivity index (χ0) is 17.0. The summed E-state index contributed by atoms with van der Waals surface area (Å²) < 4.78 is 40.0. The molecule has 2 aromatic rings. The highest BCUT2D eigenvalue weighted by Gasteiger charge is 2.30. The maximum Gasteiger partial charge on any atom is 0.573 e. The molecule has 0 saturated carbocycles. The Kier molecular flexibility index (Phi) is 4.85. The van der Waals surface area contributed by atoms with Crippen LogP contribution in [0.4, 0.5) is 18.9 Å².